The van der Waals surface area contributed by atoms with Crippen molar-refractivity contribution >= 4 is 73.6 Å². The number of nitrogen functional groups attached to an aromatic ring is 1. The molecular formula is C26H19Cl3F2N2O6S2. The summed E-state index contributed by atoms with van der Waals surface area (Å²) in [5, 5.41) is 1.38. The van der Waals surface area contributed by atoms with Crippen LogP contribution >= 0.6 is 33.0 Å². The number of amides is 1. The third-order valence-electron chi connectivity index (χ3n) is 4.73. The summed E-state index contributed by atoms with van der Waals surface area (Å²) >= 11 is 5.01. The van der Waals surface area contributed by atoms with E-state index in [4.69, 9.17) is 38.7 Å². The van der Waals surface area contributed by atoms with Crippen LogP contribution in [-0.4, -0.2) is 28.0 Å². The first-order valence-corrected chi connectivity index (χ1v) is 15.9. The van der Waals surface area contributed by atoms with Gasteiger partial charge in [0.1, 0.15) is 11.6 Å². The second-order valence-corrected chi connectivity index (χ2v) is 13.1. The molecular weight excluding hydrogens is 645 g/mol. The predicted molar refractivity (Wildman–Crippen MR) is 154 cm³/mol. The Balaban J connectivity index is 0.000000241. The van der Waals surface area contributed by atoms with E-state index in [2.05, 4.69) is 5.32 Å². The van der Waals surface area contributed by atoms with Crippen LogP contribution in [0.4, 0.5) is 20.2 Å². The molecule has 0 heterocycles. The second-order valence-electron chi connectivity index (χ2n) is 7.66. The van der Waals surface area contributed by atoms with Gasteiger partial charge in [-0.2, -0.15) is 0 Å². The van der Waals surface area contributed by atoms with Gasteiger partial charge in [0.05, 0.1) is 20.9 Å². The molecule has 0 bridgehead atoms. The number of carbonyl (C=O) groups is 2. The molecule has 0 aromatic heterocycles. The smallest absolute Gasteiger partial charge is 0.261 e. The zero-order valence-corrected chi connectivity index (χ0v) is 24.4. The molecule has 4 rings (SSSR count). The van der Waals surface area contributed by atoms with Crippen molar-refractivity contribution in [3.05, 3.63) is 120 Å². The Morgan fingerprint density at radius 1 is 0.659 bits per heavy atom. The van der Waals surface area contributed by atoms with Gasteiger partial charge in [0, 0.05) is 32.7 Å². The highest BCUT2D eigenvalue weighted by molar-refractivity contribution is 8.14. The highest BCUT2D eigenvalue weighted by atomic mass is 35.7. The number of rotatable bonds is 5. The van der Waals surface area contributed by atoms with E-state index in [0.717, 1.165) is 42.1 Å². The van der Waals surface area contributed by atoms with Crippen molar-refractivity contribution < 1.29 is 35.2 Å². The van der Waals surface area contributed by atoms with Crippen molar-refractivity contribution in [2.24, 2.45) is 0 Å². The van der Waals surface area contributed by atoms with E-state index in [-0.39, 0.29) is 9.79 Å². The highest BCUT2D eigenvalue weighted by Crippen LogP contribution is 2.21. The van der Waals surface area contributed by atoms with E-state index < -0.39 is 52.0 Å². The first-order valence-electron chi connectivity index (χ1n) is 10.9. The van der Waals surface area contributed by atoms with Crippen LogP contribution in [0.5, 0.6) is 0 Å². The number of carbonyl (C=O) groups excluding carboxylic acids is 2. The van der Waals surface area contributed by atoms with Gasteiger partial charge >= 0.3 is 0 Å². The van der Waals surface area contributed by atoms with Crippen LogP contribution in [0.2, 0.25) is 0 Å². The maximum atomic E-state index is 13.6. The summed E-state index contributed by atoms with van der Waals surface area (Å²) in [5.41, 5.74) is 5.74. The molecule has 4 aromatic rings. The van der Waals surface area contributed by atoms with Gasteiger partial charge in [-0.05, 0) is 72.3 Å². The summed E-state index contributed by atoms with van der Waals surface area (Å²) in [6.45, 7) is 0. The molecule has 0 radical (unpaired) electrons. The second kappa shape index (κ2) is 14.9. The van der Waals surface area contributed by atoms with Crippen LogP contribution in [0.15, 0.2) is 107 Å². The molecule has 0 aliphatic rings. The molecule has 41 heavy (non-hydrogen) atoms. The number of hydrogen-bond donors (Lipinski definition) is 2. The topological polar surface area (TPSA) is 140 Å². The molecule has 0 saturated heterocycles. The summed E-state index contributed by atoms with van der Waals surface area (Å²) in [5.74, 6) is -2.48. The van der Waals surface area contributed by atoms with Gasteiger partial charge in [0.15, 0.2) is 0 Å². The minimum Gasteiger partial charge on any atom is -0.399 e. The summed E-state index contributed by atoms with van der Waals surface area (Å²) in [4.78, 5) is 21.9. The maximum absolute atomic E-state index is 13.6. The van der Waals surface area contributed by atoms with Crippen molar-refractivity contribution in [1.82, 2.24) is 0 Å². The van der Waals surface area contributed by atoms with Crippen LogP contribution in [0, 0.1) is 11.6 Å². The van der Waals surface area contributed by atoms with Crippen LogP contribution in [-0.2, 0) is 18.1 Å². The lowest BCUT2D eigenvalue weighted by molar-refractivity contribution is 0.102. The molecule has 1 amide bonds. The van der Waals surface area contributed by atoms with Crippen molar-refractivity contribution in [2.45, 2.75) is 9.79 Å². The molecule has 0 atom stereocenters. The minimum absolute atomic E-state index is 0.334. The van der Waals surface area contributed by atoms with Gasteiger partial charge in [-0.15, -0.1) is 0 Å². The van der Waals surface area contributed by atoms with E-state index in [9.17, 15) is 35.2 Å². The monoisotopic (exact) mass is 662 g/mol. The first kappa shape index (κ1) is 33.7. The van der Waals surface area contributed by atoms with Gasteiger partial charge in [-0.1, -0.05) is 36.4 Å². The highest BCUT2D eigenvalue weighted by Gasteiger charge is 2.18. The van der Waals surface area contributed by atoms with E-state index in [1.165, 1.54) is 0 Å². The Labute approximate surface area is 248 Å². The van der Waals surface area contributed by atoms with E-state index >= 15 is 0 Å². The van der Waals surface area contributed by atoms with Crippen LogP contribution < -0.4 is 11.1 Å². The minimum atomic E-state index is -4.02. The average Bonchev–Trinajstić information content (AvgIpc) is 2.89. The standard InChI is InChI=1S/C13H9ClFNO3S.C7H3Cl2FO3S.C6H7N/c14-20(18,19)10-6-7-12(15)11(8-10)13(17)16-9-4-2-1-3-5-9;8-7(11)5-3-4(14(9,12)13)1-2-6(5)10;7-6-4-2-1-3-5-6/h1-8H,(H,16,17);1-3H;1-5H,7H2. The summed E-state index contributed by atoms with van der Waals surface area (Å²) < 4.78 is 70.5. The molecule has 0 unspecified atom stereocenters. The summed E-state index contributed by atoms with van der Waals surface area (Å²) in [6, 6.07) is 23.2. The van der Waals surface area contributed by atoms with Crippen LogP contribution in [0.3, 0.4) is 0 Å². The molecule has 0 saturated carbocycles. The number of hydrogen-bond acceptors (Lipinski definition) is 7. The largest absolute Gasteiger partial charge is 0.399 e. The van der Waals surface area contributed by atoms with Gasteiger partial charge < -0.3 is 11.1 Å². The molecule has 4 aromatic carbocycles. The number of benzene rings is 4. The zero-order chi connectivity index (χ0) is 30.8. The lowest BCUT2D eigenvalue weighted by Gasteiger charge is -2.07. The van der Waals surface area contributed by atoms with Crippen LogP contribution in [0.1, 0.15) is 20.7 Å². The molecule has 0 aliphatic carbocycles. The quantitative estimate of drug-likeness (QED) is 0.186. The molecule has 0 aliphatic heterocycles. The predicted octanol–water partition coefficient (Wildman–Crippen LogP) is 6.41. The van der Waals surface area contributed by atoms with Gasteiger partial charge in [0.2, 0.25) is 0 Å². The Morgan fingerprint density at radius 3 is 1.46 bits per heavy atom. The van der Waals surface area contributed by atoms with Crippen molar-refractivity contribution in [3.8, 4) is 0 Å². The van der Waals surface area contributed by atoms with Crippen LogP contribution in [0.25, 0.3) is 0 Å². The van der Waals surface area contributed by atoms with Gasteiger partial charge in [0.25, 0.3) is 29.3 Å². The normalized spacial score (nSPS) is 10.8. The zero-order valence-electron chi connectivity index (χ0n) is 20.5. The Bertz CT molecular complexity index is 1740. The molecule has 216 valence electrons. The number of para-hydroxylation sites is 2. The lowest BCUT2D eigenvalue weighted by Crippen LogP contribution is -2.14. The lowest BCUT2D eigenvalue weighted by atomic mass is 10.2. The fourth-order valence-electron chi connectivity index (χ4n) is 2.81. The number of anilines is 2. The average molecular weight is 664 g/mol. The molecule has 15 heteroatoms. The summed E-state index contributed by atoms with van der Waals surface area (Å²) in [6.07, 6.45) is 0. The molecule has 3 N–H and O–H groups in total. The van der Waals surface area contributed by atoms with Gasteiger partial charge in [-0.25, -0.2) is 25.6 Å². The number of nitrogens with one attached hydrogen (secondary N) is 1. The Kier molecular flexibility index (Phi) is 12.2. The van der Waals surface area contributed by atoms with E-state index in [1.807, 2.05) is 30.3 Å². The fraction of sp³-hybridized carbons (Fsp3) is 0. The molecule has 8 nitrogen and oxygen atoms in total. The van der Waals surface area contributed by atoms with E-state index in [1.54, 1.807) is 30.3 Å². The molecule has 0 fully saturated rings. The number of nitrogens with two attached hydrogens (primary N) is 1. The first-order chi connectivity index (χ1) is 19.1. The third-order valence-corrected chi connectivity index (χ3v) is 7.63. The SMILES string of the molecule is Nc1ccccc1.O=C(Cl)c1cc(S(=O)(=O)Cl)ccc1F.O=C(Nc1ccccc1)c1cc(S(=O)(=O)Cl)ccc1F. The number of halogens is 5. The van der Waals surface area contributed by atoms with Crippen molar-refractivity contribution in [2.75, 3.05) is 11.1 Å². The van der Waals surface area contributed by atoms with E-state index in [0.29, 0.717) is 5.69 Å². The Morgan fingerprint density at radius 2 is 1.07 bits per heavy atom. The molecule has 0 spiro atoms. The fourth-order valence-corrected chi connectivity index (χ4v) is 4.51. The third kappa shape index (κ3) is 11.1. The maximum Gasteiger partial charge on any atom is 0.261 e. The van der Waals surface area contributed by atoms with Crippen molar-refractivity contribution in [1.29, 1.82) is 0 Å². The van der Waals surface area contributed by atoms with Gasteiger partial charge in [-0.3, -0.25) is 9.59 Å². The van der Waals surface area contributed by atoms with Crippen molar-refractivity contribution in [3.63, 3.8) is 0 Å². The Hall–Kier alpha value is -3.55. The summed E-state index contributed by atoms with van der Waals surface area (Å²) in [7, 11) is 2.14.